The standard InChI is InChI=1S/C15H11F6NO/c16-14(17,18)13-5-4-9(8-22)6-12(13)10-2-1-3-11(7-10)23-15(19,20)21/h1-7H,8,22H2. The number of ether oxygens (including phenoxy) is 1. The van der Waals surface area contributed by atoms with Crippen LogP contribution in [0.15, 0.2) is 42.5 Å². The van der Waals surface area contributed by atoms with Crippen molar-refractivity contribution < 1.29 is 31.1 Å². The van der Waals surface area contributed by atoms with Crippen LogP contribution >= 0.6 is 0 Å². The van der Waals surface area contributed by atoms with Crippen LogP contribution in [-0.2, 0) is 12.7 Å². The minimum Gasteiger partial charge on any atom is -0.406 e. The minimum absolute atomic E-state index is 0.00385. The molecule has 0 bridgehead atoms. The van der Waals surface area contributed by atoms with Crippen LogP contribution in [0.3, 0.4) is 0 Å². The van der Waals surface area contributed by atoms with Gasteiger partial charge in [-0.3, -0.25) is 0 Å². The molecule has 0 aliphatic heterocycles. The molecule has 0 heterocycles. The molecule has 2 aromatic carbocycles. The summed E-state index contributed by atoms with van der Waals surface area (Å²) >= 11 is 0. The van der Waals surface area contributed by atoms with Crippen molar-refractivity contribution in [2.24, 2.45) is 5.73 Å². The van der Waals surface area contributed by atoms with E-state index in [0.717, 1.165) is 18.2 Å². The molecule has 0 saturated heterocycles. The van der Waals surface area contributed by atoms with Gasteiger partial charge in [0.25, 0.3) is 0 Å². The zero-order valence-electron chi connectivity index (χ0n) is 11.5. The zero-order chi connectivity index (χ0) is 17.3. The average molecular weight is 335 g/mol. The topological polar surface area (TPSA) is 35.2 Å². The Balaban J connectivity index is 2.54. The first-order valence-electron chi connectivity index (χ1n) is 6.36. The highest BCUT2D eigenvalue weighted by Crippen LogP contribution is 2.38. The van der Waals surface area contributed by atoms with Gasteiger partial charge in [0, 0.05) is 6.54 Å². The molecule has 0 radical (unpaired) electrons. The van der Waals surface area contributed by atoms with Crippen LogP contribution in [0.4, 0.5) is 26.3 Å². The van der Waals surface area contributed by atoms with Gasteiger partial charge in [-0.1, -0.05) is 18.2 Å². The molecule has 0 amide bonds. The summed E-state index contributed by atoms with van der Waals surface area (Å²) in [6, 6.07) is 7.65. The van der Waals surface area contributed by atoms with Gasteiger partial charge in [0.1, 0.15) is 5.75 Å². The lowest BCUT2D eigenvalue weighted by Crippen LogP contribution is -2.17. The largest absolute Gasteiger partial charge is 0.573 e. The number of alkyl halides is 6. The second-order valence-corrected chi connectivity index (χ2v) is 4.66. The summed E-state index contributed by atoms with van der Waals surface area (Å²) < 4.78 is 79.8. The van der Waals surface area contributed by atoms with Crippen molar-refractivity contribution in [2.45, 2.75) is 19.1 Å². The Morgan fingerprint density at radius 2 is 1.61 bits per heavy atom. The Bertz CT molecular complexity index is 693. The molecule has 0 saturated carbocycles. The van der Waals surface area contributed by atoms with E-state index in [-0.39, 0.29) is 17.7 Å². The number of benzene rings is 2. The van der Waals surface area contributed by atoms with Gasteiger partial charge in [-0.25, -0.2) is 0 Å². The van der Waals surface area contributed by atoms with Crippen molar-refractivity contribution >= 4 is 0 Å². The van der Waals surface area contributed by atoms with Crippen molar-refractivity contribution in [2.75, 3.05) is 0 Å². The molecule has 0 fully saturated rings. The summed E-state index contributed by atoms with van der Waals surface area (Å²) in [5.74, 6) is -0.596. The van der Waals surface area contributed by atoms with Gasteiger partial charge in [-0.05, 0) is 41.0 Å². The van der Waals surface area contributed by atoms with E-state index >= 15 is 0 Å². The molecule has 0 atom stereocenters. The van der Waals surface area contributed by atoms with Crippen LogP contribution in [0.1, 0.15) is 11.1 Å². The first-order chi connectivity index (χ1) is 10.6. The first-order valence-corrected chi connectivity index (χ1v) is 6.36. The van der Waals surface area contributed by atoms with Gasteiger partial charge in [0.15, 0.2) is 0 Å². The quantitative estimate of drug-likeness (QED) is 0.823. The molecule has 0 aliphatic carbocycles. The lowest BCUT2D eigenvalue weighted by atomic mass is 9.96. The lowest BCUT2D eigenvalue weighted by molar-refractivity contribution is -0.274. The summed E-state index contributed by atoms with van der Waals surface area (Å²) in [4.78, 5) is 0. The van der Waals surface area contributed by atoms with Gasteiger partial charge in [-0.2, -0.15) is 13.2 Å². The molecular weight excluding hydrogens is 324 g/mol. The lowest BCUT2D eigenvalue weighted by Gasteiger charge is -2.15. The SMILES string of the molecule is NCc1ccc(C(F)(F)F)c(-c2cccc(OC(F)(F)F)c2)c1. The fourth-order valence-corrected chi connectivity index (χ4v) is 2.07. The maximum Gasteiger partial charge on any atom is 0.573 e. The van der Waals surface area contributed by atoms with Crippen LogP contribution in [-0.4, -0.2) is 6.36 Å². The Labute approximate surface area is 127 Å². The van der Waals surface area contributed by atoms with Crippen molar-refractivity contribution in [1.29, 1.82) is 0 Å². The van der Waals surface area contributed by atoms with Crippen molar-refractivity contribution in [3.05, 3.63) is 53.6 Å². The van der Waals surface area contributed by atoms with E-state index in [1.54, 1.807) is 0 Å². The third-order valence-corrected chi connectivity index (χ3v) is 3.00. The molecule has 2 aromatic rings. The monoisotopic (exact) mass is 335 g/mol. The van der Waals surface area contributed by atoms with E-state index in [1.165, 1.54) is 24.3 Å². The molecule has 2 N–H and O–H groups in total. The molecule has 124 valence electrons. The highest BCUT2D eigenvalue weighted by atomic mass is 19.4. The number of nitrogens with two attached hydrogens (primary N) is 1. The van der Waals surface area contributed by atoms with Gasteiger partial charge >= 0.3 is 12.5 Å². The number of halogens is 6. The maximum atomic E-state index is 13.1. The van der Waals surface area contributed by atoms with E-state index in [1.807, 2.05) is 0 Å². The Morgan fingerprint density at radius 1 is 0.913 bits per heavy atom. The van der Waals surface area contributed by atoms with Crippen LogP contribution in [0, 0.1) is 0 Å². The average Bonchev–Trinajstić information content (AvgIpc) is 2.44. The predicted molar refractivity (Wildman–Crippen MR) is 71.5 cm³/mol. The highest BCUT2D eigenvalue weighted by Gasteiger charge is 2.34. The molecule has 2 nitrogen and oxygen atoms in total. The molecule has 0 unspecified atom stereocenters. The van der Waals surface area contributed by atoms with Gasteiger partial charge < -0.3 is 10.5 Å². The van der Waals surface area contributed by atoms with E-state index < -0.39 is 23.9 Å². The van der Waals surface area contributed by atoms with E-state index in [4.69, 9.17) is 5.73 Å². The van der Waals surface area contributed by atoms with Gasteiger partial charge in [0.2, 0.25) is 0 Å². The molecule has 0 spiro atoms. The predicted octanol–water partition coefficient (Wildman–Crippen LogP) is 4.73. The minimum atomic E-state index is -4.93. The van der Waals surface area contributed by atoms with E-state index in [2.05, 4.69) is 4.74 Å². The number of rotatable bonds is 3. The van der Waals surface area contributed by atoms with Crippen LogP contribution in [0.5, 0.6) is 5.75 Å². The number of hydrogen-bond donors (Lipinski definition) is 1. The smallest absolute Gasteiger partial charge is 0.406 e. The fraction of sp³-hybridized carbons (Fsp3) is 0.200. The molecule has 2 rings (SSSR count). The normalized spacial score (nSPS) is 12.3. The molecule has 0 aliphatic rings. The summed E-state index contributed by atoms with van der Waals surface area (Å²) in [6.45, 7) is 0.00385. The second-order valence-electron chi connectivity index (χ2n) is 4.66. The summed E-state index contributed by atoms with van der Waals surface area (Å²) in [6.07, 6.45) is -9.58. The van der Waals surface area contributed by atoms with Gasteiger partial charge in [0.05, 0.1) is 5.56 Å². The van der Waals surface area contributed by atoms with Crippen LogP contribution < -0.4 is 10.5 Å². The number of hydrogen-bond acceptors (Lipinski definition) is 2. The second kappa shape index (κ2) is 6.11. The van der Waals surface area contributed by atoms with Crippen LogP contribution in [0.2, 0.25) is 0 Å². The Hall–Kier alpha value is -2.22. The maximum absolute atomic E-state index is 13.1. The highest BCUT2D eigenvalue weighted by molar-refractivity contribution is 5.70. The third kappa shape index (κ3) is 4.38. The van der Waals surface area contributed by atoms with E-state index in [9.17, 15) is 26.3 Å². The molecule has 23 heavy (non-hydrogen) atoms. The first kappa shape index (κ1) is 17.1. The Kier molecular flexibility index (Phi) is 4.56. The summed E-state index contributed by atoms with van der Waals surface area (Å²) in [7, 11) is 0. The van der Waals surface area contributed by atoms with Crippen molar-refractivity contribution in [1.82, 2.24) is 0 Å². The van der Waals surface area contributed by atoms with Crippen molar-refractivity contribution in [3.63, 3.8) is 0 Å². The molecular formula is C15H11F6NO. The van der Waals surface area contributed by atoms with E-state index in [0.29, 0.717) is 5.56 Å². The summed E-state index contributed by atoms with van der Waals surface area (Å²) in [5.41, 5.74) is 4.58. The summed E-state index contributed by atoms with van der Waals surface area (Å²) in [5, 5.41) is 0. The fourth-order valence-electron chi connectivity index (χ4n) is 2.07. The van der Waals surface area contributed by atoms with Gasteiger partial charge in [-0.15, -0.1) is 13.2 Å². The van der Waals surface area contributed by atoms with Crippen LogP contribution in [0.25, 0.3) is 11.1 Å². The Morgan fingerprint density at radius 3 is 2.17 bits per heavy atom. The zero-order valence-corrected chi connectivity index (χ0v) is 11.5. The molecule has 8 heteroatoms. The third-order valence-electron chi connectivity index (χ3n) is 3.00. The van der Waals surface area contributed by atoms with Crippen molar-refractivity contribution in [3.8, 4) is 16.9 Å². The molecule has 0 aromatic heterocycles.